The van der Waals surface area contributed by atoms with Crippen LogP contribution in [0.15, 0.2) is 23.4 Å². The van der Waals surface area contributed by atoms with Crippen LogP contribution in [-0.2, 0) is 16.1 Å². The van der Waals surface area contributed by atoms with Gasteiger partial charge in [-0.1, -0.05) is 41.0 Å². The van der Waals surface area contributed by atoms with Crippen LogP contribution < -0.4 is 5.73 Å². The Morgan fingerprint density at radius 2 is 2.14 bits per heavy atom. The van der Waals surface area contributed by atoms with Crippen molar-refractivity contribution >= 4 is 46.9 Å². The normalized spacial score (nSPS) is 10.6. The zero-order valence-corrected chi connectivity index (χ0v) is 13.4. The van der Waals surface area contributed by atoms with Gasteiger partial charge in [-0.25, -0.2) is 0 Å². The SMILES string of the molecule is COC(=O)CSc1nnc(N)n1Cc1ccc(Cl)c(Cl)c1. The molecule has 21 heavy (non-hydrogen) atoms. The quantitative estimate of drug-likeness (QED) is 0.661. The van der Waals surface area contributed by atoms with Crippen LogP contribution in [0.2, 0.25) is 10.0 Å². The lowest BCUT2D eigenvalue weighted by Gasteiger charge is -2.08. The maximum absolute atomic E-state index is 11.2. The first-order chi connectivity index (χ1) is 10.0. The number of hydrogen-bond donors (Lipinski definition) is 1. The fourth-order valence-electron chi connectivity index (χ4n) is 1.56. The molecule has 1 aromatic heterocycles. The molecule has 2 N–H and O–H groups in total. The number of thioether (sulfide) groups is 1. The Balaban J connectivity index is 2.17. The van der Waals surface area contributed by atoms with Crippen LogP contribution in [0.5, 0.6) is 0 Å². The Bertz CT molecular complexity index is 663. The van der Waals surface area contributed by atoms with Crippen LogP contribution >= 0.6 is 35.0 Å². The zero-order valence-electron chi connectivity index (χ0n) is 11.0. The number of hydrogen-bond acceptors (Lipinski definition) is 6. The molecule has 0 saturated heterocycles. The Hall–Kier alpha value is -1.44. The second kappa shape index (κ2) is 7.02. The van der Waals surface area contributed by atoms with E-state index in [1.807, 2.05) is 6.07 Å². The average molecular weight is 347 g/mol. The number of nitrogens with zero attached hydrogens (tertiary/aromatic N) is 3. The lowest BCUT2D eigenvalue weighted by atomic mass is 10.2. The molecule has 6 nitrogen and oxygen atoms in total. The van der Waals surface area contributed by atoms with Gasteiger partial charge in [-0.15, -0.1) is 10.2 Å². The molecule has 9 heteroatoms. The summed E-state index contributed by atoms with van der Waals surface area (Å²) >= 11 is 13.1. The van der Waals surface area contributed by atoms with E-state index in [1.165, 1.54) is 18.9 Å². The highest BCUT2D eigenvalue weighted by Crippen LogP contribution is 2.25. The second-order valence-corrected chi connectivity index (χ2v) is 5.80. The number of carbonyl (C=O) groups excluding carboxylic acids is 1. The summed E-state index contributed by atoms with van der Waals surface area (Å²) in [7, 11) is 1.33. The number of anilines is 1. The fourth-order valence-corrected chi connectivity index (χ4v) is 2.66. The van der Waals surface area contributed by atoms with E-state index in [-0.39, 0.29) is 17.7 Å². The maximum Gasteiger partial charge on any atom is 0.316 e. The van der Waals surface area contributed by atoms with E-state index in [4.69, 9.17) is 28.9 Å². The molecule has 0 fully saturated rings. The molecule has 0 saturated carbocycles. The van der Waals surface area contributed by atoms with Gasteiger partial charge in [0.15, 0.2) is 5.16 Å². The second-order valence-electron chi connectivity index (χ2n) is 4.04. The van der Waals surface area contributed by atoms with Crippen molar-refractivity contribution < 1.29 is 9.53 Å². The minimum atomic E-state index is -0.345. The average Bonchev–Trinajstić information content (AvgIpc) is 2.81. The number of halogens is 2. The standard InChI is InChI=1S/C12H12Cl2N4O2S/c1-20-10(19)6-21-12-17-16-11(15)18(12)5-7-2-3-8(13)9(14)4-7/h2-4H,5-6H2,1H3,(H2,15,16). The summed E-state index contributed by atoms with van der Waals surface area (Å²) in [4.78, 5) is 11.2. The predicted molar refractivity (Wildman–Crippen MR) is 82.7 cm³/mol. The van der Waals surface area contributed by atoms with Crippen LogP contribution in [0.4, 0.5) is 5.95 Å². The summed E-state index contributed by atoms with van der Waals surface area (Å²) in [5, 5.41) is 9.24. The van der Waals surface area contributed by atoms with Gasteiger partial charge in [-0.2, -0.15) is 0 Å². The van der Waals surface area contributed by atoms with Crippen molar-refractivity contribution in [2.24, 2.45) is 0 Å². The summed E-state index contributed by atoms with van der Waals surface area (Å²) in [5.41, 5.74) is 6.70. The van der Waals surface area contributed by atoms with E-state index in [1.54, 1.807) is 16.7 Å². The van der Waals surface area contributed by atoms with E-state index < -0.39 is 0 Å². The number of methoxy groups -OCH3 is 1. The van der Waals surface area contributed by atoms with Gasteiger partial charge in [0.25, 0.3) is 0 Å². The van der Waals surface area contributed by atoms with Gasteiger partial charge in [0, 0.05) is 0 Å². The van der Waals surface area contributed by atoms with E-state index >= 15 is 0 Å². The highest BCUT2D eigenvalue weighted by atomic mass is 35.5. The number of benzene rings is 1. The largest absolute Gasteiger partial charge is 0.468 e. The molecule has 0 amide bonds. The van der Waals surface area contributed by atoms with Gasteiger partial charge in [-0.05, 0) is 17.7 Å². The minimum absolute atomic E-state index is 0.135. The molecule has 0 aliphatic rings. The summed E-state index contributed by atoms with van der Waals surface area (Å²) in [6.07, 6.45) is 0. The van der Waals surface area contributed by atoms with Crippen molar-refractivity contribution in [3.8, 4) is 0 Å². The molecule has 0 radical (unpaired) electrons. The molecule has 112 valence electrons. The first-order valence-corrected chi connectivity index (χ1v) is 7.57. The van der Waals surface area contributed by atoms with Gasteiger partial charge in [0.2, 0.25) is 5.95 Å². The first kappa shape index (κ1) is 15.9. The molecule has 0 aliphatic carbocycles. The lowest BCUT2D eigenvalue weighted by Crippen LogP contribution is -2.08. The molecule has 1 aromatic carbocycles. The van der Waals surface area contributed by atoms with E-state index in [9.17, 15) is 4.79 Å². The molecule has 0 aliphatic heterocycles. The first-order valence-electron chi connectivity index (χ1n) is 5.83. The van der Waals surface area contributed by atoms with Gasteiger partial charge in [0.1, 0.15) is 0 Å². The molecule has 0 unspecified atom stereocenters. The van der Waals surface area contributed by atoms with Crippen molar-refractivity contribution in [1.82, 2.24) is 14.8 Å². The Labute approximate surface area is 135 Å². The fraction of sp³-hybridized carbons (Fsp3) is 0.250. The number of nitrogens with two attached hydrogens (primary N) is 1. The van der Waals surface area contributed by atoms with Crippen LogP contribution in [-0.4, -0.2) is 33.6 Å². The molecule has 0 bridgehead atoms. The molecule has 2 rings (SSSR count). The molecular formula is C12H12Cl2N4O2S. The number of carbonyl (C=O) groups is 1. The van der Waals surface area contributed by atoms with Crippen molar-refractivity contribution in [1.29, 1.82) is 0 Å². The van der Waals surface area contributed by atoms with Crippen LogP contribution in [0, 0.1) is 0 Å². The Morgan fingerprint density at radius 1 is 1.38 bits per heavy atom. The van der Waals surface area contributed by atoms with E-state index in [2.05, 4.69) is 14.9 Å². The minimum Gasteiger partial charge on any atom is -0.468 e. The summed E-state index contributed by atoms with van der Waals surface area (Å²) in [6.45, 7) is 0.430. The molecule has 2 aromatic rings. The topological polar surface area (TPSA) is 83.0 Å². The van der Waals surface area contributed by atoms with Crippen molar-refractivity contribution in [3.05, 3.63) is 33.8 Å². The van der Waals surface area contributed by atoms with Crippen molar-refractivity contribution in [2.75, 3.05) is 18.6 Å². The van der Waals surface area contributed by atoms with E-state index in [0.29, 0.717) is 21.7 Å². The summed E-state index contributed by atoms with van der Waals surface area (Å²) in [5.74, 6) is 0.0480. The van der Waals surface area contributed by atoms with Crippen molar-refractivity contribution in [3.63, 3.8) is 0 Å². The number of nitrogen functional groups attached to an aromatic ring is 1. The van der Waals surface area contributed by atoms with Crippen LogP contribution in [0.25, 0.3) is 0 Å². The van der Waals surface area contributed by atoms with Crippen molar-refractivity contribution in [2.45, 2.75) is 11.7 Å². The number of esters is 1. The number of ether oxygens (including phenoxy) is 1. The number of aromatic nitrogens is 3. The summed E-state index contributed by atoms with van der Waals surface area (Å²) < 4.78 is 6.27. The predicted octanol–water partition coefficient (Wildman–Crippen LogP) is 2.48. The highest BCUT2D eigenvalue weighted by Gasteiger charge is 2.13. The Morgan fingerprint density at radius 3 is 2.81 bits per heavy atom. The van der Waals surface area contributed by atoms with E-state index in [0.717, 1.165) is 5.56 Å². The summed E-state index contributed by atoms with van der Waals surface area (Å²) in [6, 6.07) is 5.29. The monoisotopic (exact) mass is 346 g/mol. The lowest BCUT2D eigenvalue weighted by molar-refractivity contribution is -0.137. The zero-order chi connectivity index (χ0) is 15.4. The van der Waals surface area contributed by atoms with Gasteiger partial charge in [0.05, 0.1) is 29.5 Å². The third kappa shape index (κ3) is 4.03. The third-order valence-corrected chi connectivity index (χ3v) is 4.30. The van der Waals surface area contributed by atoms with Crippen LogP contribution in [0.1, 0.15) is 5.56 Å². The molecule has 1 heterocycles. The smallest absolute Gasteiger partial charge is 0.316 e. The van der Waals surface area contributed by atoms with Gasteiger partial charge in [-0.3, -0.25) is 9.36 Å². The molecular weight excluding hydrogens is 335 g/mol. The Kier molecular flexibility index (Phi) is 5.33. The van der Waals surface area contributed by atoms with Gasteiger partial charge >= 0.3 is 5.97 Å². The highest BCUT2D eigenvalue weighted by molar-refractivity contribution is 7.99. The number of rotatable bonds is 5. The van der Waals surface area contributed by atoms with Crippen LogP contribution in [0.3, 0.4) is 0 Å². The van der Waals surface area contributed by atoms with Gasteiger partial charge < -0.3 is 10.5 Å². The third-order valence-electron chi connectivity index (χ3n) is 2.62. The molecule has 0 atom stereocenters. The molecule has 0 spiro atoms. The maximum atomic E-state index is 11.2.